The number of hydrogen-bond donors (Lipinski definition) is 0. The lowest BCUT2D eigenvalue weighted by Gasteiger charge is -2.21. The Kier molecular flexibility index (Phi) is 3.36. The zero-order valence-corrected chi connectivity index (χ0v) is 12.8. The minimum atomic E-state index is -0.742. The third kappa shape index (κ3) is 2.43. The second kappa shape index (κ2) is 5.09. The Labute approximate surface area is 129 Å². The van der Waals surface area contributed by atoms with E-state index in [1.807, 2.05) is 45.0 Å². The third-order valence-corrected chi connectivity index (χ3v) is 3.86. The van der Waals surface area contributed by atoms with E-state index in [4.69, 9.17) is 4.74 Å². The average molecular weight is 296 g/mol. The van der Waals surface area contributed by atoms with Crippen LogP contribution in [0.25, 0.3) is 11.1 Å². The van der Waals surface area contributed by atoms with E-state index in [0.717, 1.165) is 16.7 Å². The van der Waals surface area contributed by atoms with E-state index in [1.165, 1.54) is 12.1 Å². The number of aryl methyl sites for hydroxylation is 1. The molecule has 0 N–H and O–H groups in total. The number of carbonyl (C=O) groups is 1. The van der Waals surface area contributed by atoms with Gasteiger partial charge in [0.2, 0.25) is 0 Å². The number of carbonyl (C=O) groups excluding carboxylic acids is 1. The molecule has 0 saturated heterocycles. The number of cyclic esters (lactones) is 1. The lowest BCUT2D eigenvalue weighted by atomic mass is 9.86. The van der Waals surface area contributed by atoms with Gasteiger partial charge in [0.15, 0.2) is 0 Å². The van der Waals surface area contributed by atoms with E-state index in [2.05, 4.69) is 0 Å². The van der Waals surface area contributed by atoms with Crippen LogP contribution < -0.4 is 0 Å². The van der Waals surface area contributed by atoms with Gasteiger partial charge < -0.3 is 4.74 Å². The summed E-state index contributed by atoms with van der Waals surface area (Å²) < 4.78 is 19.1. The van der Waals surface area contributed by atoms with Crippen molar-refractivity contribution >= 4 is 17.1 Å². The zero-order valence-electron chi connectivity index (χ0n) is 12.8. The van der Waals surface area contributed by atoms with Crippen LogP contribution >= 0.6 is 0 Å². The van der Waals surface area contributed by atoms with Gasteiger partial charge in [-0.05, 0) is 44.0 Å². The number of esters is 1. The summed E-state index contributed by atoms with van der Waals surface area (Å²) in [6.45, 7) is 5.71. The van der Waals surface area contributed by atoms with E-state index >= 15 is 0 Å². The molecule has 0 fully saturated rings. The van der Waals surface area contributed by atoms with Crippen LogP contribution in [0, 0.1) is 12.7 Å². The molecule has 0 unspecified atom stereocenters. The Morgan fingerprint density at radius 3 is 2.32 bits per heavy atom. The third-order valence-electron chi connectivity index (χ3n) is 3.86. The summed E-state index contributed by atoms with van der Waals surface area (Å²) in [5.74, 6) is -0.781. The lowest BCUT2D eigenvalue weighted by Crippen LogP contribution is -2.22. The van der Waals surface area contributed by atoms with E-state index in [0.29, 0.717) is 11.1 Å². The fraction of sp³-hybridized carbons (Fsp3) is 0.211. The van der Waals surface area contributed by atoms with Crippen molar-refractivity contribution in [2.75, 3.05) is 0 Å². The smallest absolute Gasteiger partial charge is 0.340 e. The molecule has 2 aromatic rings. The van der Waals surface area contributed by atoms with Crippen LogP contribution in [-0.4, -0.2) is 11.6 Å². The van der Waals surface area contributed by atoms with Gasteiger partial charge in [-0.3, -0.25) is 0 Å². The van der Waals surface area contributed by atoms with Crippen LogP contribution in [-0.2, 0) is 9.53 Å². The molecule has 0 bridgehead atoms. The second-order valence-electron chi connectivity index (χ2n) is 6.03. The molecule has 0 aliphatic carbocycles. The topological polar surface area (TPSA) is 26.3 Å². The molecule has 0 atom stereocenters. The van der Waals surface area contributed by atoms with Crippen molar-refractivity contribution in [1.82, 2.24) is 0 Å². The summed E-state index contributed by atoms with van der Waals surface area (Å²) in [4.78, 5) is 12.3. The van der Waals surface area contributed by atoms with Crippen LogP contribution in [0.1, 0.15) is 30.5 Å². The molecule has 0 aromatic heterocycles. The molecule has 0 amide bonds. The number of rotatable bonds is 2. The van der Waals surface area contributed by atoms with E-state index < -0.39 is 11.6 Å². The van der Waals surface area contributed by atoms with Crippen molar-refractivity contribution in [2.24, 2.45) is 0 Å². The first-order chi connectivity index (χ1) is 10.4. The van der Waals surface area contributed by atoms with Crippen LogP contribution in [0.5, 0.6) is 0 Å². The van der Waals surface area contributed by atoms with Crippen molar-refractivity contribution < 1.29 is 13.9 Å². The molecule has 1 aliphatic rings. The first kappa shape index (κ1) is 14.5. The average Bonchev–Trinajstić information content (AvgIpc) is 2.69. The van der Waals surface area contributed by atoms with E-state index in [9.17, 15) is 9.18 Å². The normalized spacial score (nSPS) is 16.8. The van der Waals surface area contributed by atoms with Gasteiger partial charge in [0, 0.05) is 5.57 Å². The Balaban J connectivity index is 2.26. The number of ether oxygens (including phenoxy) is 1. The van der Waals surface area contributed by atoms with Gasteiger partial charge in [-0.25, -0.2) is 9.18 Å². The maximum absolute atomic E-state index is 13.5. The van der Waals surface area contributed by atoms with Gasteiger partial charge in [0.25, 0.3) is 0 Å². The van der Waals surface area contributed by atoms with Crippen LogP contribution in [0.3, 0.4) is 0 Å². The predicted octanol–water partition coefficient (Wildman–Crippen LogP) is 4.38. The maximum atomic E-state index is 13.5. The van der Waals surface area contributed by atoms with Crippen molar-refractivity contribution in [1.29, 1.82) is 0 Å². The quantitative estimate of drug-likeness (QED) is 0.769. The summed E-state index contributed by atoms with van der Waals surface area (Å²) in [5.41, 5.74) is 3.09. The van der Waals surface area contributed by atoms with Gasteiger partial charge in [0.05, 0.1) is 5.57 Å². The molecular formula is C19H17FO2. The molecule has 3 heteroatoms. The second-order valence-corrected chi connectivity index (χ2v) is 6.03. The van der Waals surface area contributed by atoms with Crippen molar-refractivity contribution in [3.8, 4) is 0 Å². The standard InChI is InChI=1S/C19H17FO2/c1-12-7-9-13(10-8-12)17-16(18(21)22-19(17,2)3)14-5-4-6-15(20)11-14/h4-11H,1-3H3. The Morgan fingerprint density at radius 2 is 1.68 bits per heavy atom. The minimum absolute atomic E-state index is 0.370. The molecule has 2 aromatic carbocycles. The van der Waals surface area contributed by atoms with Crippen molar-refractivity contribution in [3.05, 3.63) is 71.0 Å². The molecule has 22 heavy (non-hydrogen) atoms. The van der Waals surface area contributed by atoms with Crippen molar-refractivity contribution in [3.63, 3.8) is 0 Å². The molecule has 0 radical (unpaired) electrons. The fourth-order valence-electron chi connectivity index (χ4n) is 2.86. The minimum Gasteiger partial charge on any atom is -0.451 e. The van der Waals surface area contributed by atoms with Crippen molar-refractivity contribution in [2.45, 2.75) is 26.4 Å². The molecular weight excluding hydrogens is 279 g/mol. The number of halogens is 1. The highest BCUT2D eigenvalue weighted by molar-refractivity contribution is 6.28. The largest absolute Gasteiger partial charge is 0.451 e. The summed E-state index contributed by atoms with van der Waals surface area (Å²) in [6, 6.07) is 14.0. The van der Waals surface area contributed by atoms with Crippen LogP contribution in [0.15, 0.2) is 48.5 Å². The maximum Gasteiger partial charge on any atom is 0.340 e. The highest BCUT2D eigenvalue weighted by atomic mass is 19.1. The molecule has 3 rings (SSSR count). The van der Waals surface area contributed by atoms with Gasteiger partial charge in [0.1, 0.15) is 11.4 Å². The van der Waals surface area contributed by atoms with Crippen LogP contribution in [0.2, 0.25) is 0 Å². The molecule has 1 aliphatic heterocycles. The molecule has 1 heterocycles. The van der Waals surface area contributed by atoms with Crippen LogP contribution in [0.4, 0.5) is 4.39 Å². The van der Waals surface area contributed by atoms with Gasteiger partial charge in [-0.15, -0.1) is 0 Å². The Hall–Kier alpha value is -2.42. The Morgan fingerprint density at radius 1 is 1.00 bits per heavy atom. The highest BCUT2D eigenvalue weighted by Crippen LogP contribution is 2.43. The summed E-state index contributed by atoms with van der Waals surface area (Å²) >= 11 is 0. The molecule has 2 nitrogen and oxygen atoms in total. The first-order valence-corrected chi connectivity index (χ1v) is 7.19. The summed E-state index contributed by atoms with van der Waals surface area (Å²) in [7, 11) is 0. The summed E-state index contributed by atoms with van der Waals surface area (Å²) in [5, 5.41) is 0. The first-order valence-electron chi connectivity index (χ1n) is 7.19. The zero-order chi connectivity index (χ0) is 15.9. The highest BCUT2D eigenvalue weighted by Gasteiger charge is 2.41. The van der Waals surface area contributed by atoms with E-state index in [1.54, 1.807) is 12.1 Å². The summed E-state index contributed by atoms with van der Waals surface area (Å²) in [6.07, 6.45) is 0. The molecule has 0 spiro atoms. The lowest BCUT2D eigenvalue weighted by molar-refractivity contribution is -0.141. The number of hydrogen-bond acceptors (Lipinski definition) is 2. The van der Waals surface area contributed by atoms with Gasteiger partial charge in [-0.2, -0.15) is 0 Å². The molecule has 112 valence electrons. The molecule has 0 saturated carbocycles. The van der Waals surface area contributed by atoms with E-state index in [-0.39, 0.29) is 5.82 Å². The Bertz CT molecular complexity index is 770. The SMILES string of the molecule is Cc1ccc(C2=C(c3cccc(F)c3)C(=O)OC2(C)C)cc1. The predicted molar refractivity (Wildman–Crippen MR) is 84.6 cm³/mol. The monoisotopic (exact) mass is 296 g/mol. The van der Waals surface area contributed by atoms with Gasteiger partial charge >= 0.3 is 5.97 Å². The number of benzene rings is 2. The fourth-order valence-corrected chi connectivity index (χ4v) is 2.86. The van der Waals surface area contributed by atoms with Gasteiger partial charge in [-0.1, -0.05) is 42.0 Å².